The normalized spacial score (nSPS) is 14.7. The number of sulfonamides is 1. The second-order valence-electron chi connectivity index (χ2n) is 9.41. The van der Waals surface area contributed by atoms with Crippen LogP contribution < -0.4 is 10.1 Å². The fourth-order valence-electron chi connectivity index (χ4n) is 4.21. The number of hydrogen-bond donors (Lipinski definition) is 1. The summed E-state index contributed by atoms with van der Waals surface area (Å²) in [7, 11) is -3.65. The average molecular weight is 621 g/mol. The number of benzene rings is 3. The number of carbonyl (C=O) groups is 2. The van der Waals surface area contributed by atoms with Gasteiger partial charge in [0, 0.05) is 36.2 Å². The van der Waals surface area contributed by atoms with Gasteiger partial charge in [-0.2, -0.15) is 4.31 Å². The maximum absolute atomic E-state index is 13.4. The fourth-order valence-corrected chi connectivity index (χ4v) is 5.95. The van der Waals surface area contributed by atoms with Gasteiger partial charge in [-0.05, 0) is 60.5 Å². The summed E-state index contributed by atoms with van der Waals surface area (Å²) in [6.45, 7) is 2.94. The van der Waals surface area contributed by atoms with Gasteiger partial charge in [-0.1, -0.05) is 53.5 Å². The predicted octanol–water partition coefficient (Wildman–Crippen LogP) is 4.13. The number of morpholine rings is 1. The Kier molecular flexibility index (Phi) is 10.6. The van der Waals surface area contributed by atoms with Crippen molar-refractivity contribution in [2.45, 2.75) is 31.0 Å². The monoisotopic (exact) mass is 619 g/mol. The topological polar surface area (TPSA) is 105 Å². The van der Waals surface area contributed by atoms with Gasteiger partial charge in [0.15, 0.2) is 6.61 Å². The number of nitrogens with one attached hydrogen (secondary N) is 1. The maximum atomic E-state index is 13.4. The van der Waals surface area contributed by atoms with Crippen molar-refractivity contribution in [1.29, 1.82) is 0 Å². The number of halogens is 2. The molecule has 3 aromatic rings. The highest BCUT2D eigenvalue weighted by atomic mass is 35.5. The molecule has 4 rings (SSSR count). The van der Waals surface area contributed by atoms with Gasteiger partial charge < -0.3 is 19.7 Å². The summed E-state index contributed by atoms with van der Waals surface area (Å²) in [5.74, 6) is -0.461. The highest BCUT2D eigenvalue weighted by Gasteiger charge is 2.28. The van der Waals surface area contributed by atoms with Crippen LogP contribution >= 0.6 is 23.2 Å². The standard InChI is InChI=1S/C29H31Cl2N3O6S/c1-21(29(36)32-18-23-4-2-3-5-27(23)31)34(19-22-6-8-24(30)9-7-22)28(35)20-40-25-10-12-26(13-11-25)41(37,38)33-14-16-39-17-15-33/h2-13,21H,14-20H2,1H3,(H,32,36). The Morgan fingerprint density at radius 1 is 1.00 bits per heavy atom. The van der Waals surface area contributed by atoms with E-state index in [0.29, 0.717) is 42.1 Å². The van der Waals surface area contributed by atoms with E-state index in [0.717, 1.165) is 11.1 Å². The number of ether oxygens (including phenoxy) is 2. The molecule has 2 amide bonds. The first-order valence-corrected chi connectivity index (χ1v) is 15.2. The number of amides is 2. The number of rotatable bonds is 11. The Labute approximate surface area is 250 Å². The van der Waals surface area contributed by atoms with E-state index in [1.807, 2.05) is 12.1 Å². The van der Waals surface area contributed by atoms with Gasteiger partial charge in [-0.3, -0.25) is 9.59 Å². The molecule has 1 heterocycles. The molecule has 41 heavy (non-hydrogen) atoms. The van der Waals surface area contributed by atoms with E-state index in [2.05, 4.69) is 5.32 Å². The van der Waals surface area contributed by atoms with Gasteiger partial charge in [0.1, 0.15) is 11.8 Å². The van der Waals surface area contributed by atoms with Crippen LogP contribution in [-0.4, -0.2) is 68.4 Å². The minimum Gasteiger partial charge on any atom is -0.484 e. The van der Waals surface area contributed by atoms with Crippen LogP contribution in [0.15, 0.2) is 77.7 Å². The van der Waals surface area contributed by atoms with E-state index in [4.69, 9.17) is 32.7 Å². The summed E-state index contributed by atoms with van der Waals surface area (Å²) < 4.78 is 38.0. The molecular weight excluding hydrogens is 589 g/mol. The fraction of sp³-hybridized carbons (Fsp3) is 0.310. The molecule has 1 fully saturated rings. The summed E-state index contributed by atoms with van der Waals surface area (Å²) in [5.41, 5.74) is 1.54. The van der Waals surface area contributed by atoms with Gasteiger partial charge in [0.05, 0.1) is 18.1 Å². The molecule has 9 nitrogen and oxygen atoms in total. The first kappa shape index (κ1) is 30.8. The largest absolute Gasteiger partial charge is 0.484 e. The molecule has 1 saturated heterocycles. The highest BCUT2D eigenvalue weighted by molar-refractivity contribution is 7.89. The van der Waals surface area contributed by atoms with Crippen molar-refractivity contribution in [3.63, 3.8) is 0 Å². The molecule has 1 unspecified atom stereocenters. The first-order valence-electron chi connectivity index (χ1n) is 13.0. The van der Waals surface area contributed by atoms with E-state index in [1.54, 1.807) is 43.3 Å². The lowest BCUT2D eigenvalue weighted by Gasteiger charge is -2.29. The third kappa shape index (κ3) is 8.21. The van der Waals surface area contributed by atoms with Gasteiger partial charge in [0.25, 0.3) is 5.91 Å². The zero-order valence-corrected chi connectivity index (χ0v) is 24.8. The quantitative estimate of drug-likeness (QED) is 0.346. The molecule has 1 N–H and O–H groups in total. The van der Waals surface area contributed by atoms with E-state index >= 15 is 0 Å². The Hall–Kier alpha value is -3.15. The second-order valence-corrected chi connectivity index (χ2v) is 12.2. The molecule has 0 saturated carbocycles. The molecule has 1 aliphatic rings. The molecule has 218 valence electrons. The Balaban J connectivity index is 1.42. The molecule has 0 radical (unpaired) electrons. The number of nitrogens with zero attached hydrogens (tertiary/aromatic N) is 2. The molecule has 0 aromatic heterocycles. The van der Waals surface area contributed by atoms with Crippen LogP contribution in [0.3, 0.4) is 0 Å². The Bertz CT molecular complexity index is 1450. The van der Waals surface area contributed by atoms with Crippen molar-refractivity contribution in [2.75, 3.05) is 32.9 Å². The van der Waals surface area contributed by atoms with Gasteiger partial charge in [-0.25, -0.2) is 8.42 Å². The number of hydrogen-bond acceptors (Lipinski definition) is 6. The van der Waals surface area contributed by atoms with Gasteiger partial charge in [0.2, 0.25) is 15.9 Å². The molecule has 0 aliphatic carbocycles. The van der Waals surface area contributed by atoms with Crippen molar-refractivity contribution in [1.82, 2.24) is 14.5 Å². The lowest BCUT2D eigenvalue weighted by Crippen LogP contribution is -2.48. The van der Waals surface area contributed by atoms with Crippen molar-refractivity contribution in [3.05, 3.63) is 94.0 Å². The number of carbonyl (C=O) groups excluding carboxylic acids is 2. The summed E-state index contributed by atoms with van der Waals surface area (Å²) in [6, 6.07) is 19.3. The van der Waals surface area contributed by atoms with Crippen LogP contribution in [0.5, 0.6) is 5.75 Å². The van der Waals surface area contributed by atoms with E-state index in [-0.39, 0.29) is 30.5 Å². The van der Waals surface area contributed by atoms with Gasteiger partial charge in [-0.15, -0.1) is 0 Å². The Morgan fingerprint density at radius 2 is 1.66 bits per heavy atom. The zero-order chi connectivity index (χ0) is 29.4. The van der Waals surface area contributed by atoms with Crippen LogP contribution in [0.25, 0.3) is 0 Å². The summed E-state index contributed by atoms with van der Waals surface area (Å²) >= 11 is 12.2. The maximum Gasteiger partial charge on any atom is 0.261 e. The van der Waals surface area contributed by atoms with Crippen molar-refractivity contribution in [3.8, 4) is 5.75 Å². The Morgan fingerprint density at radius 3 is 2.32 bits per heavy atom. The van der Waals surface area contributed by atoms with Crippen LogP contribution in [0.2, 0.25) is 10.0 Å². The summed E-state index contributed by atoms with van der Waals surface area (Å²) in [6.07, 6.45) is 0. The molecule has 3 aromatic carbocycles. The van der Waals surface area contributed by atoms with Crippen molar-refractivity contribution >= 4 is 45.0 Å². The van der Waals surface area contributed by atoms with E-state index < -0.39 is 22.0 Å². The SMILES string of the molecule is CC(C(=O)NCc1ccccc1Cl)N(Cc1ccc(Cl)cc1)C(=O)COc1ccc(S(=O)(=O)N2CCOCC2)cc1. The molecule has 12 heteroatoms. The van der Waals surface area contributed by atoms with Crippen LogP contribution in [0, 0.1) is 0 Å². The molecule has 1 atom stereocenters. The molecular formula is C29H31Cl2N3O6S. The lowest BCUT2D eigenvalue weighted by atomic mass is 10.1. The van der Waals surface area contributed by atoms with E-state index in [1.165, 1.54) is 33.5 Å². The first-order chi connectivity index (χ1) is 19.6. The molecule has 0 bridgehead atoms. The highest BCUT2D eigenvalue weighted by Crippen LogP contribution is 2.21. The van der Waals surface area contributed by atoms with E-state index in [9.17, 15) is 18.0 Å². The summed E-state index contributed by atoms with van der Waals surface area (Å²) in [5, 5.41) is 3.93. The van der Waals surface area contributed by atoms with Crippen LogP contribution in [0.4, 0.5) is 0 Å². The summed E-state index contributed by atoms with van der Waals surface area (Å²) in [4.78, 5) is 28.0. The zero-order valence-electron chi connectivity index (χ0n) is 22.5. The van der Waals surface area contributed by atoms with Crippen LogP contribution in [0.1, 0.15) is 18.1 Å². The predicted molar refractivity (Wildman–Crippen MR) is 156 cm³/mol. The lowest BCUT2D eigenvalue weighted by molar-refractivity contribution is -0.142. The van der Waals surface area contributed by atoms with Gasteiger partial charge >= 0.3 is 0 Å². The molecule has 0 spiro atoms. The van der Waals surface area contributed by atoms with Crippen molar-refractivity contribution < 1.29 is 27.5 Å². The smallest absolute Gasteiger partial charge is 0.261 e. The minimum atomic E-state index is -3.65. The minimum absolute atomic E-state index is 0.131. The average Bonchev–Trinajstić information content (AvgIpc) is 2.99. The third-order valence-corrected chi connectivity index (χ3v) is 9.17. The van der Waals surface area contributed by atoms with Crippen molar-refractivity contribution in [2.24, 2.45) is 0 Å². The third-order valence-electron chi connectivity index (χ3n) is 6.64. The van der Waals surface area contributed by atoms with Crippen LogP contribution in [-0.2, 0) is 37.4 Å². The molecule has 1 aliphatic heterocycles. The second kappa shape index (κ2) is 14.2.